The van der Waals surface area contributed by atoms with E-state index in [0.717, 1.165) is 17.8 Å². The lowest BCUT2D eigenvalue weighted by Gasteiger charge is -2.10. The molecule has 0 saturated carbocycles. The maximum atomic E-state index is 12.3. The lowest BCUT2D eigenvalue weighted by Crippen LogP contribution is -2.26. The molecule has 8 heteroatoms. The molecule has 2 aromatic rings. The minimum Gasteiger partial charge on any atom is -0.347 e. The van der Waals surface area contributed by atoms with Crippen LogP contribution in [0.1, 0.15) is 37.0 Å². The van der Waals surface area contributed by atoms with Crippen LogP contribution in [0.2, 0.25) is 0 Å². The molecule has 0 aliphatic rings. The van der Waals surface area contributed by atoms with Crippen LogP contribution in [0, 0.1) is 0 Å². The Morgan fingerprint density at radius 1 is 1.43 bits per heavy atom. The van der Waals surface area contributed by atoms with Gasteiger partial charge >= 0.3 is 0 Å². The lowest BCUT2D eigenvalue weighted by molar-refractivity contribution is 0.563. The number of rotatable bonds is 8. The van der Waals surface area contributed by atoms with Gasteiger partial charge < -0.3 is 10.3 Å². The summed E-state index contributed by atoms with van der Waals surface area (Å²) in [6.07, 6.45) is 4.32. The van der Waals surface area contributed by atoms with Gasteiger partial charge in [-0.3, -0.25) is 0 Å². The van der Waals surface area contributed by atoms with E-state index in [4.69, 9.17) is 0 Å². The molecule has 0 saturated heterocycles. The maximum absolute atomic E-state index is 12.3. The first-order valence-corrected chi connectivity index (χ1v) is 9.14. The van der Waals surface area contributed by atoms with Gasteiger partial charge in [0.2, 0.25) is 0 Å². The van der Waals surface area contributed by atoms with E-state index in [-0.39, 0.29) is 0 Å². The van der Waals surface area contributed by atoms with Crippen LogP contribution in [0.25, 0.3) is 0 Å². The maximum Gasteiger partial charge on any atom is 0.250 e. The number of thiophene rings is 1. The van der Waals surface area contributed by atoms with Crippen LogP contribution in [-0.2, 0) is 16.6 Å². The van der Waals surface area contributed by atoms with Crippen LogP contribution >= 0.6 is 11.3 Å². The van der Waals surface area contributed by atoms with E-state index in [1.54, 1.807) is 25.4 Å². The molecule has 21 heavy (non-hydrogen) atoms. The van der Waals surface area contributed by atoms with Crippen molar-refractivity contribution in [3.05, 3.63) is 35.2 Å². The molecular weight excluding hydrogens is 308 g/mol. The molecule has 0 aliphatic carbocycles. The average Bonchev–Trinajstić information content (AvgIpc) is 3.10. The highest BCUT2D eigenvalue weighted by atomic mass is 32.2. The molecule has 1 unspecified atom stereocenters. The van der Waals surface area contributed by atoms with Crippen LogP contribution in [-0.4, -0.2) is 24.9 Å². The normalized spacial score (nSPS) is 13.4. The van der Waals surface area contributed by atoms with Gasteiger partial charge in [-0.05, 0) is 32.0 Å². The molecule has 0 fully saturated rings. The number of aromatic amines is 1. The van der Waals surface area contributed by atoms with E-state index in [1.807, 2.05) is 6.07 Å². The minimum absolute atomic E-state index is 0.328. The summed E-state index contributed by atoms with van der Waals surface area (Å²) in [5.41, 5.74) is 0. The summed E-state index contributed by atoms with van der Waals surface area (Å²) in [5, 5.41) is 3.26. The van der Waals surface area contributed by atoms with Gasteiger partial charge in [-0.15, -0.1) is 11.3 Å². The number of hydrogen-bond acceptors (Lipinski definition) is 5. The number of imidazole rings is 1. The molecule has 3 N–H and O–H groups in total. The van der Waals surface area contributed by atoms with E-state index >= 15 is 0 Å². The van der Waals surface area contributed by atoms with Crippen molar-refractivity contribution in [1.29, 1.82) is 0 Å². The molecule has 6 nitrogen and oxygen atoms in total. The van der Waals surface area contributed by atoms with Crippen LogP contribution in [0.4, 0.5) is 0 Å². The highest BCUT2D eigenvalue weighted by molar-refractivity contribution is 7.91. The number of H-pyrrole nitrogens is 1. The zero-order chi connectivity index (χ0) is 15.3. The van der Waals surface area contributed by atoms with Gasteiger partial charge in [0.05, 0.1) is 6.04 Å². The zero-order valence-corrected chi connectivity index (χ0v) is 13.7. The van der Waals surface area contributed by atoms with Crippen LogP contribution < -0.4 is 10.0 Å². The fraction of sp³-hybridized carbons (Fsp3) is 0.462. The Labute approximate surface area is 129 Å². The van der Waals surface area contributed by atoms with Crippen LogP contribution in [0.3, 0.4) is 0 Å². The van der Waals surface area contributed by atoms with Crippen LogP contribution in [0.5, 0.6) is 0 Å². The van der Waals surface area contributed by atoms with Crippen LogP contribution in [0.15, 0.2) is 28.7 Å². The van der Waals surface area contributed by atoms with Crippen molar-refractivity contribution in [3.8, 4) is 0 Å². The molecular formula is C13H20N4O2S2. The molecule has 1 atom stereocenters. The SMILES string of the molecule is CCCNCc1ccc(S(=O)(=O)NC(C)c2ncc[nH]2)s1. The summed E-state index contributed by atoms with van der Waals surface area (Å²) in [5.74, 6) is 0.597. The molecule has 0 spiro atoms. The fourth-order valence-electron chi connectivity index (χ4n) is 1.85. The molecule has 0 aromatic carbocycles. The highest BCUT2D eigenvalue weighted by Gasteiger charge is 2.21. The van der Waals surface area contributed by atoms with Gasteiger partial charge in [-0.2, -0.15) is 0 Å². The molecule has 0 radical (unpaired) electrons. The largest absolute Gasteiger partial charge is 0.347 e. The fourth-order valence-corrected chi connectivity index (χ4v) is 4.40. The highest BCUT2D eigenvalue weighted by Crippen LogP contribution is 2.23. The van der Waals surface area contributed by atoms with Gasteiger partial charge in [0, 0.05) is 23.8 Å². The molecule has 2 heterocycles. The van der Waals surface area contributed by atoms with E-state index in [1.165, 1.54) is 11.3 Å². The third kappa shape index (κ3) is 4.37. The molecule has 0 amide bonds. The second-order valence-electron chi connectivity index (χ2n) is 4.71. The molecule has 0 bridgehead atoms. The quantitative estimate of drug-likeness (QED) is 0.647. The Kier molecular flexibility index (Phi) is 5.51. The van der Waals surface area contributed by atoms with Gasteiger partial charge in [-0.1, -0.05) is 6.92 Å². The second-order valence-corrected chi connectivity index (χ2v) is 7.82. The van der Waals surface area contributed by atoms with Crippen molar-refractivity contribution in [2.45, 2.75) is 37.1 Å². The summed E-state index contributed by atoms with van der Waals surface area (Å²) in [6, 6.07) is 3.10. The Balaban J connectivity index is 2.02. The summed E-state index contributed by atoms with van der Waals surface area (Å²) < 4.78 is 27.6. The van der Waals surface area contributed by atoms with Gasteiger partial charge in [0.25, 0.3) is 10.0 Å². The first-order valence-electron chi connectivity index (χ1n) is 6.84. The second kappa shape index (κ2) is 7.17. The van der Waals surface area contributed by atoms with Crippen molar-refractivity contribution in [1.82, 2.24) is 20.0 Å². The van der Waals surface area contributed by atoms with Gasteiger partial charge in [0.15, 0.2) is 0 Å². The predicted octanol–water partition coefficient (Wildman–Crippen LogP) is 2.01. The van der Waals surface area contributed by atoms with Gasteiger partial charge in [0.1, 0.15) is 10.0 Å². The number of nitrogens with zero attached hydrogens (tertiary/aromatic N) is 1. The molecule has 2 rings (SSSR count). The van der Waals surface area contributed by atoms with Crippen molar-refractivity contribution in [2.24, 2.45) is 0 Å². The zero-order valence-electron chi connectivity index (χ0n) is 12.1. The first kappa shape index (κ1) is 16.2. The van der Waals surface area contributed by atoms with E-state index < -0.39 is 16.1 Å². The van der Waals surface area contributed by atoms with Crippen molar-refractivity contribution in [3.63, 3.8) is 0 Å². The van der Waals surface area contributed by atoms with Crippen molar-refractivity contribution in [2.75, 3.05) is 6.54 Å². The molecule has 0 aliphatic heterocycles. The molecule has 2 aromatic heterocycles. The smallest absolute Gasteiger partial charge is 0.250 e. The topological polar surface area (TPSA) is 86.9 Å². The van der Waals surface area contributed by atoms with Crippen molar-refractivity contribution >= 4 is 21.4 Å². The van der Waals surface area contributed by atoms with Crippen molar-refractivity contribution < 1.29 is 8.42 Å². The standard InChI is InChI=1S/C13H20N4O2S2/c1-3-6-14-9-11-4-5-12(20-11)21(18,19)17-10(2)13-15-7-8-16-13/h4-5,7-8,10,14,17H,3,6,9H2,1-2H3,(H,15,16). The Morgan fingerprint density at radius 3 is 2.90 bits per heavy atom. The minimum atomic E-state index is -3.51. The van der Waals surface area contributed by atoms with Gasteiger partial charge in [-0.25, -0.2) is 18.1 Å². The third-order valence-electron chi connectivity index (χ3n) is 2.89. The Hall–Kier alpha value is -1.22. The Bertz CT molecular complexity index is 650. The summed E-state index contributed by atoms with van der Waals surface area (Å²) in [6.45, 7) is 5.47. The monoisotopic (exact) mass is 328 g/mol. The first-order chi connectivity index (χ1) is 10.0. The van der Waals surface area contributed by atoms with E-state index in [9.17, 15) is 8.42 Å². The number of aromatic nitrogens is 2. The number of nitrogens with one attached hydrogen (secondary N) is 3. The predicted molar refractivity (Wildman–Crippen MR) is 83.6 cm³/mol. The number of hydrogen-bond donors (Lipinski definition) is 3. The summed E-state index contributed by atoms with van der Waals surface area (Å²) >= 11 is 1.29. The summed E-state index contributed by atoms with van der Waals surface area (Å²) in [7, 11) is -3.51. The average molecular weight is 328 g/mol. The lowest BCUT2D eigenvalue weighted by atomic mass is 10.3. The summed E-state index contributed by atoms with van der Waals surface area (Å²) in [4.78, 5) is 7.97. The van der Waals surface area contributed by atoms with E-state index in [2.05, 4.69) is 26.9 Å². The molecule has 116 valence electrons. The third-order valence-corrected chi connectivity index (χ3v) is 6.01. The Morgan fingerprint density at radius 2 is 2.24 bits per heavy atom. The van der Waals surface area contributed by atoms with E-state index in [0.29, 0.717) is 16.6 Å². The number of sulfonamides is 1.